The molecule has 0 amide bonds. The molecule has 106 valence electrons. The zero-order chi connectivity index (χ0) is 14.0. The van der Waals surface area contributed by atoms with Crippen molar-refractivity contribution in [1.29, 1.82) is 0 Å². The first-order valence-electron chi connectivity index (χ1n) is 7.34. The van der Waals surface area contributed by atoms with Crippen molar-refractivity contribution in [2.75, 3.05) is 24.5 Å². The van der Waals surface area contributed by atoms with Crippen LogP contribution in [0, 0.1) is 11.8 Å². The number of anilines is 1. The molecule has 1 heterocycles. The van der Waals surface area contributed by atoms with Crippen molar-refractivity contribution >= 4 is 5.69 Å². The Balaban J connectivity index is 2.15. The minimum absolute atomic E-state index is 0.190. The molecule has 3 atom stereocenters. The first kappa shape index (κ1) is 14.2. The van der Waals surface area contributed by atoms with Gasteiger partial charge in [-0.15, -0.1) is 0 Å². The van der Waals surface area contributed by atoms with Crippen LogP contribution in [-0.4, -0.2) is 24.7 Å². The molecule has 0 spiro atoms. The Morgan fingerprint density at radius 1 is 1.32 bits per heavy atom. The summed E-state index contributed by atoms with van der Waals surface area (Å²) in [5.74, 6) is 1.85. The molecular formula is C16H26N2O. The second-order valence-corrected chi connectivity index (χ2v) is 5.88. The fraction of sp³-hybridized carbons (Fsp3) is 0.625. The van der Waals surface area contributed by atoms with Crippen LogP contribution >= 0.6 is 0 Å². The molecule has 19 heavy (non-hydrogen) atoms. The van der Waals surface area contributed by atoms with E-state index in [9.17, 15) is 5.11 Å². The lowest BCUT2D eigenvalue weighted by Crippen LogP contribution is -2.20. The number of nitrogens with one attached hydrogen (secondary N) is 1. The van der Waals surface area contributed by atoms with Crippen molar-refractivity contribution in [3.63, 3.8) is 0 Å². The Labute approximate surface area is 116 Å². The first-order chi connectivity index (χ1) is 9.02. The van der Waals surface area contributed by atoms with Gasteiger partial charge in [0.1, 0.15) is 5.75 Å². The van der Waals surface area contributed by atoms with Crippen molar-refractivity contribution in [2.45, 2.75) is 33.7 Å². The van der Waals surface area contributed by atoms with Gasteiger partial charge < -0.3 is 15.3 Å². The highest BCUT2D eigenvalue weighted by Crippen LogP contribution is 2.33. The summed E-state index contributed by atoms with van der Waals surface area (Å²) in [6.45, 7) is 11.8. The van der Waals surface area contributed by atoms with Crippen LogP contribution < -0.4 is 10.2 Å². The van der Waals surface area contributed by atoms with E-state index in [4.69, 9.17) is 0 Å². The van der Waals surface area contributed by atoms with Gasteiger partial charge in [-0.25, -0.2) is 0 Å². The van der Waals surface area contributed by atoms with E-state index in [-0.39, 0.29) is 6.04 Å². The molecule has 1 aromatic rings. The third-order valence-corrected chi connectivity index (χ3v) is 4.34. The van der Waals surface area contributed by atoms with E-state index < -0.39 is 0 Å². The molecule has 2 rings (SSSR count). The molecule has 1 aliphatic heterocycles. The highest BCUT2D eigenvalue weighted by molar-refractivity contribution is 5.54. The third kappa shape index (κ3) is 3.03. The van der Waals surface area contributed by atoms with Gasteiger partial charge in [0.2, 0.25) is 0 Å². The zero-order valence-electron chi connectivity index (χ0n) is 12.5. The van der Waals surface area contributed by atoms with E-state index >= 15 is 0 Å². The molecule has 1 aliphatic rings. The van der Waals surface area contributed by atoms with Gasteiger partial charge in [-0.3, -0.25) is 0 Å². The maximum Gasteiger partial charge on any atom is 0.122 e. The molecule has 1 fully saturated rings. The summed E-state index contributed by atoms with van der Waals surface area (Å²) in [5.41, 5.74) is 2.12. The van der Waals surface area contributed by atoms with Gasteiger partial charge in [-0.1, -0.05) is 26.8 Å². The molecule has 3 unspecified atom stereocenters. The molecular weight excluding hydrogens is 236 g/mol. The quantitative estimate of drug-likeness (QED) is 0.875. The number of rotatable bonds is 4. The van der Waals surface area contributed by atoms with Gasteiger partial charge in [0, 0.05) is 36.4 Å². The summed E-state index contributed by atoms with van der Waals surface area (Å²) in [7, 11) is 0. The minimum atomic E-state index is 0.190. The number of hydrogen-bond acceptors (Lipinski definition) is 3. The van der Waals surface area contributed by atoms with E-state index in [0.717, 1.165) is 42.7 Å². The molecule has 0 aliphatic carbocycles. The lowest BCUT2D eigenvalue weighted by molar-refractivity contribution is 0.454. The summed E-state index contributed by atoms with van der Waals surface area (Å²) < 4.78 is 0. The molecule has 2 N–H and O–H groups in total. The minimum Gasteiger partial charge on any atom is -0.508 e. The van der Waals surface area contributed by atoms with Crippen molar-refractivity contribution in [2.24, 2.45) is 11.8 Å². The Kier molecular flexibility index (Phi) is 4.35. The number of phenolic OH excluding ortho intramolecular Hbond substituents is 1. The third-order valence-electron chi connectivity index (χ3n) is 4.34. The van der Waals surface area contributed by atoms with E-state index in [0.29, 0.717) is 5.75 Å². The van der Waals surface area contributed by atoms with Gasteiger partial charge in [0.15, 0.2) is 0 Å². The number of benzene rings is 1. The summed E-state index contributed by atoms with van der Waals surface area (Å²) in [5, 5.41) is 13.5. The Hall–Kier alpha value is -1.22. The van der Waals surface area contributed by atoms with Crippen LogP contribution in [0.15, 0.2) is 18.2 Å². The van der Waals surface area contributed by atoms with Crippen LogP contribution in [0.2, 0.25) is 0 Å². The molecule has 0 aromatic heterocycles. The van der Waals surface area contributed by atoms with Crippen LogP contribution in [0.3, 0.4) is 0 Å². The zero-order valence-corrected chi connectivity index (χ0v) is 12.5. The van der Waals surface area contributed by atoms with Gasteiger partial charge in [0.25, 0.3) is 0 Å². The number of aromatic hydroxyl groups is 1. The smallest absolute Gasteiger partial charge is 0.122 e. The number of phenols is 1. The standard InChI is InChI=1S/C16H26N2O/c1-5-17-13(4)15-7-6-14(8-16(15)19)18-9-11(2)12(3)10-18/h6-8,11-13,17,19H,5,9-10H2,1-4H3. The van der Waals surface area contributed by atoms with Crippen LogP contribution in [0.5, 0.6) is 5.75 Å². The molecule has 0 radical (unpaired) electrons. The molecule has 3 nitrogen and oxygen atoms in total. The van der Waals surface area contributed by atoms with Crippen molar-refractivity contribution in [3.8, 4) is 5.75 Å². The Morgan fingerprint density at radius 2 is 1.95 bits per heavy atom. The SMILES string of the molecule is CCNC(C)c1ccc(N2CC(C)C(C)C2)cc1O. The fourth-order valence-electron chi connectivity index (χ4n) is 2.85. The lowest BCUT2D eigenvalue weighted by atomic mass is 10.0. The molecule has 1 saturated heterocycles. The first-order valence-corrected chi connectivity index (χ1v) is 7.34. The van der Waals surface area contributed by atoms with Gasteiger partial charge >= 0.3 is 0 Å². The maximum absolute atomic E-state index is 10.2. The van der Waals surface area contributed by atoms with E-state index in [1.54, 1.807) is 0 Å². The van der Waals surface area contributed by atoms with Crippen LogP contribution in [0.4, 0.5) is 5.69 Å². The molecule has 1 aromatic carbocycles. The maximum atomic E-state index is 10.2. The predicted octanol–water partition coefficient (Wildman–Crippen LogP) is 3.15. The monoisotopic (exact) mass is 262 g/mol. The average Bonchev–Trinajstić information content (AvgIpc) is 2.69. The van der Waals surface area contributed by atoms with E-state index in [2.05, 4.69) is 44.0 Å². The summed E-state index contributed by atoms with van der Waals surface area (Å²) in [6.07, 6.45) is 0. The van der Waals surface area contributed by atoms with E-state index in [1.165, 1.54) is 0 Å². The number of hydrogen-bond donors (Lipinski definition) is 2. The molecule has 3 heteroatoms. The van der Waals surface area contributed by atoms with Crippen molar-refractivity contribution < 1.29 is 5.11 Å². The Morgan fingerprint density at radius 3 is 2.47 bits per heavy atom. The second-order valence-electron chi connectivity index (χ2n) is 5.88. The largest absolute Gasteiger partial charge is 0.508 e. The normalized spacial score (nSPS) is 24.7. The summed E-state index contributed by atoms with van der Waals surface area (Å²) in [4.78, 5) is 2.37. The number of nitrogens with zero attached hydrogens (tertiary/aromatic N) is 1. The lowest BCUT2D eigenvalue weighted by Gasteiger charge is -2.21. The second kappa shape index (κ2) is 5.83. The van der Waals surface area contributed by atoms with Crippen molar-refractivity contribution in [1.82, 2.24) is 5.32 Å². The fourth-order valence-corrected chi connectivity index (χ4v) is 2.85. The highest BCUT2D eigenvalue weighted by Gasteiger charge is 2.26. The highest BCUT2D eigenvalue weighted by atomic mass is 16.3. The van der Waals surface area contributed by atoms with Crippen LogP contribution in [0.25, 0.3) is 0 Å². The van der Waals surface area contributed by atoms with Crippen LogP contribution in [-0.2, 0) is 0 Å². The van der Waals surface area contributed by atoms with Crippen LogP contribution in [0.1, 0.15) is 39.3 Å². The van der Waals surface area contributed by atoms with Gasteiger partial charge in [0.05, 0.1) is 0 Å². The topological polar surface area (TPSA) is 35.5 Å². The Bertz CT molecular complexity index is 423. The molecule has 0 bridgehead atoms. The van der Waals surface area contributed by atoms with Crippen molar-refractivity contribution in [3.05, 3.63) is 23.8 Å². The van der Waals surface area contributed by atoms with Gasteiger partial charge in [-0.2, -0.15) is 0 Å². The van der Waals surface area contributed by atoms with E-state index in [1.807, 2.05) is 12.1 Å². The van der Waals surface area contributed by atoms with Gasteiger partial charge in [-0.05, 0) is 31.4 Å². The summed E-state index contributed by atoms with van der Waals surface area (Å²) >= 11 is 0. The predicted molar refractivity (Wildman–Crippen MR) is 80.7 cm³/mol. The summed E-state index contributed by atoms with van der Waals surface area (Å²) in [6, 6.07) is 6.28. The molecule has 0 saturated carbocycles. The average molecular weight is 262 g/mol.